The standard InChI is InChI=1S/C19H19N5OS2/c1-3-24-18(16-5-4-10-26-16)22-23-19(24)27-12-17(25)21-13(2)15-8-6-14(11-20)7-9-15/h4-10,13H,3,12H2,1-2H3,(H,21,25). The van der Waals surface area contributed by atoms with Crippen molar-refractivity contribution in [3.63, 3.8) is 0 Å². The zero-order chi connectivity index (χ0) is 19.2. The summed E-state index contributed by atoms with van der Waals surface area (Å²) in [6, 6.07) is 13.2. The Morgan fingerprint density at radius 2 is 2.11 bits per heavy atom. The first-order valence-electron chi connectivity index (χ1n) is 8.51. The van der Waals surface area contributed by atoms with E-state index in [0.717, 1.165) is 28.0 Å². The van der Waals surface area contributed by atoms with E-state index in [1.165, 1.54) is 11.8 Å². The SMILES string of the molecule is CCn1c(SCC(=O)NC(C)c2ccc(C#N)cc2)nnc1-c1cccs1. The van der Waals surface area contributed by atoms with Crippen molar-refractivity contribution in [3.8, 4) is 16.8 Å². The van der Waals surface area contributed by atoms with Crippen molar-refractivity contribution < 1.29 is 4.79 Å². The van der Waals surface area contributed by atoms with E-state index in [4.69, 9.17) is 5.26 Å². The number of carbonyl (C=O) groups is 1. The summed E-state index contributed by atoms with van der Waals surface area (Å²) >= 11 is 3.00. The molecule has 0 aliphatic heterocycles. The van der Waals surface area contributed by atoms with Crippen LogP contribution in [0.2, 0.25) is 0 Å². The molecule has 2 aromatic heterocycles. The van der Waals surface area contributed by atoms with Gasteiger partial charge in [-0.1, -0.05) is 30.0 Å². The lowest BCUT2D eigenvalue weighted by Crippen LogP contribution is -2.28. The zero-order valence-electron chi connectivity index (χ0n) is 15.0. The Morgan fingerprint density at radius 1 is 1.33 bits per heavy atom. The number of carbonyl (C=O) groups excluding carboxylic acids is 1. The molecule has 1 amide bonds. The molecule has 8 heteroatoms. The zero-order valence-corrected chi connectivity index (χ0v) is 16.7. The first kappa shape index (κ1) is 19.1. The second-order valence-electron chi connectivity index (χ2n) is 5.84. The number of hydrogen-bond acceptors (Lipinski definition) is 6. The van der Waals surface area contributed by atoms with Gasteiger partial charge in [-0.25, -0.2) is 0 Å². The molecule has 138 valence electrons. The van der Waals surface area contributed by atoms with Crippen LogP contribution in [0.5, 0.6) is 0 Å². The number of nitriles is 1. The molecular formula is C19H19N5OS2. The van der Waals surface area contributed by atoms with E-state index < -0.39 is 0 Å². The van der Waals surface area contributed by atoms with Crippen molar-refractivity contribution in [1.82, 2.24) is 20.1 Å². The minimum atomic E-state index is -0.128. The maximum atomic E-state index is 12.3. The Kier molecular flexibility index (Phi) is 6.27. The Balaban J connectivity index is 1.60. The second-order valence-corrected chi connectivity index (χ2v) is 7.73. The van der Waals surface area contributed by atoms with Crippen molar-refractivity contribution >= 4 is 29.0 Å². The molecule has 3 rings (SSSR count). The Labute approximate surface area is 166 Å². The first-order valence-corrected chi connectivity index (χ1v) is 10.4. The molecule has 0 aliphatic carbocycles. The van der Waals surface area contributed by atoms with Gasteiger partial charge in [0.05, 0.1) is 28.3 Å². The second kappa shape index (κ2) is 8.84. The van der Waals surface area contributed by atoms with Crippen LogP contribution in [0.25, 0.3) is 10.7 Å². The first-order chi connectivity index (χ1) is 13.1. The highest BCUT2D eigenvalue weighted by molar-refractivity contribution is 7.99. The number of benzene rings is 1. The monoisotopic (exact) mass is 397 g/mol. The molecule has 3 aromatic rings. The minimum Gasteiger partial charge on any atom is -0.349 e. The van der Waals surface area contributed by atoms with Crippen LogP contribution in [0.3, 0.4) is 0 Å². The predicted octanol–water partition coefficient (Wildman–Crippen LogP) is 3.87. The van der Waals surface area contributed by atoms with Gasteiger partial charge in [-0.15, -0.1) is 21.5 Å². The molecule has 0 aliphatic rings. The fourth-order valence-electron chi connectivity index (χ4n) is 2.61. The molecule has 27 heavy (non-hydrogen) atoms. The van der Waals surface area contributed by atoms with Crippen molar-refractivity contribution in [1.29, 1.82) is 5.26 Å². The summed E-state index contributed by atoms with van der Waals surface area (Å²) in [5.74, 6) is 1.03. The molecule has 1 unspecified atom stereocenters. The number of thioether (sulfide) groups is 1. The summed E-state index contributed by atoms with van der Waals surface area (Å²) in [7, 11) is 0. The van der Waals surface area contributed by atoms with Crippen LogP contribution in [0.4, 0.5) is 0 Å². The highest BCUT2D eigenvalue weighted by Crippen LogP contribution is 2.27. The lowest BCUT2D eigenvalue weighted by atomic mass is 10.1. The topological polar surface area (TPSA) is 83.6 Å². The third kappa shape index (κ3) is 4.56. The van der Waals surface area contributed by atoms with Crippen molar-refractivity contribution in [2.75, 3.05) is 5.75 Å². The van der Waals surface area contributed by atoms with E-state index in [9.17, 15) is 4.79 Å². The normalized spacial score (nSPS) is 11.7. The van der Waals surface area contributed by atoms with Crippen LogP contribution < -0.4 is 5.32 Å². The number of aromatic nitrogens is 3. The van der Waals surface area contributed by atoms with Gasteiger partial charge in [0, 0.05) is 6.54 Å². The molecule has 0 radical (unpaired) electrons. The third-order valence-corrected chi connectivity index (χ3v) is 5.86. The van der Waals surface area contributed by atoms with Crippen molar-refractivity contribution in [2.24, 2.45) is 0 Å². The summed E-state index contributed by atoms with van der Waals surface area (Å²) in [4.78, 5) is 13.4. The van der Waals surface area contributed by atoms with E-state index in [2.05, 4.69) is 21.6 Å². The molecule has 0 saturated heterocycles. The van der Waals surface area contributed by atoms with Crippen molar-refractivity contribution in [2.45, 2.75) is 31.6 Å². The molecule has 1 N–H and O–H groups in total. The van der Waals surface area contributed by atoms with E-state index in [1.54, 1.807) is 23.5 Å². The fourth-order valence-corrected chi connectivity index (χ4v) is 4.14. The van der Waals surface area contributed by atoms with Crippen LogP contribution in [0.1, 0.15) is 31.0 Å². The van der Waals surface area contributed by atoms with Gasteiger partial charge in [0.1, 0.15) is 0 Å². The Bertz CT molecular complexity index is 942. The maximum Gasteiger partial charge on any atom is 0.230 e. The van der Waals surface area contributed by atoms with Gasteiger partial charge in [-0.3, -0.25) is 4.79 Å². The molecule has 0 fully saturated rings. The highest BCUT2D eigenvalue weighted by Gasteiger charge is 2.16. The molecule has 1 aromatic carbocycles. The van der Waals surface area contributed by atoms with E-state index in [1.807, 2.05) is 48.1 Å². The van der Waals surface area contributed by atoms with Gasteiger partial charge >= 0.3 is 0 Å². The number of thiophene rings is 1. The lowest BCUT2D eigenvalue weighted by Gasteiger charge is -2.14. The number of amides is 1. The van der Waals surface area contributed by atoms with Crippen LogP contribution in [0, 0.1) is 11.3 Å². The summed E-state index contributed by atoms with van der Waals surface area (Å²) in [6.07, 6.45) is 0. The fraction of sp³-hybridized carbons (Fsp3) is 0.263. The van der Waals surface area contributed by atoms with Gasteiger partial charge < -0.3 is 9.88 Å². The summed E-state index contributed by atoms with van der Waals surface area (Å²) in [6.45, 7) is 4.71. The molecular weight excluding hydrogens is 378 g/mol. The maximum absolute atomic E-state index is 12.3. The van der Waals surface area contributed by atoms with E-state index in [0.29, 0.717) is 5.56 Å². The molecule has 2 heterocycles. The smallest absolute Gasteiger partial charge is 0.230 e. The third-order valence-electron chi connectivity index (χ3n) is 4.02. The summed E-state index contributed by atoms with van der Waals surface area (Å²) < 4.78 is 2.02. The van der Waals surface area contributed by atoms with Crippen LogP contribution >= 0.6 is 23.1 Å². The molecule has 0 bridgehead atoms. The average Bonchev–Trinajstić information content (AvgIpc) is 3.35. The highest BCUT2D eigenvalue weighted by atomic mass is 32.2. The van der Waals surface area contributed by atoms with E-state index in [-0.39, 0.29) is 17.7 Å². The average molecular weight is 398 g/mol. The predicted molar refractivity (Wildman–Crippen MR) is 107 cm³/mol. The van der Waals surface area contributed by atoms with Gasteiger partial charge in [0.2, 0.25) is 5.91 Å². The quantitative estimate of drug-likeness (QED) is 0.612. The van der Waals surface area contributed by atoms with Crippen LogP contribution in [0.15, 0.2) is 46.9 Å². The van der Waals surface area contributed by atoms with Gasteiger partial charge in [0.15, 0.2) is 11.0 Å². The number of nitrogens with one attached hydrogen (secondary N) is 1. The largest absolute Gasteiger partial charge is 0.349 e. The van der Waals surface area contributed by atoms with Crippen LogP contribution in [-0.2, 0) is 11.3 Å². The molecule has 0 spiro atoms. The number of nitrogens with zero attached hydrogens (tertiary/aromatic N) is 4. The lowest BCUT2D eigenvalue weighted by molar-refractivity contribution is -0.119. The van der Waals surface area contributed by atoms with Crippen LogP contribution in [-0.4, -0.2) is 26.4 Å². The number of rotatable bonds is 7. The van der Waals surface area contributed by atoms with Gasteiger partial charge in [-0.05, 0) is 43.0 Å². The molecule has 6 nitrogen and oxygen atoms in total. The minimum absolute atomic E-state index is 0.0693. The Hall–Kier alpha value is -2.63. The molecule has 1 atom stereocenters. The number of hydrogen-bond donors (Lipinski definition) is 1. The Morgan fingerprint density at radius 3 is 2.74 bits per heavy atom. The summed E-state index contributed by atoms with van der Waals surface area (Å²) in [5, 5.41) is 23.1. The van der Waals surface area contributed by atoms with Crippen molar-refractivity contribution in [3.05, 3.63) is 52.9 Å². The summed E-state index contributed by atoms with van der Waals surface area (Å²) in [5.41, 5.74) is 1.57. The van der Waals surface area contributed by atoms with E-state index >= 15 is 0 Å². The van der Waals surface area contributed by atoms with Gasteiger partial charge in [0.25, 0.3) is 0 Å². The molecule has 0 saturated carbocycles. The van der Waals surface area contributed by atoms with Gasteiger partial charge in [-0.2, -0.15) is 5.26 Å².